The summed E-state index contributed by atoms with van der Waals surface area (Å²) in [5, 5.41) is -0.951. The lowest BCUT2D eigenvalue weighted by molar-refractivity contribution is -0.149. The molecule has 3 rings (SSSR count). The van der Waals surface area contributed by atoms with Gasteiger partial charge in [0.15, 0.2) is 5.06 Å². The van der Waals surface area contributed by atoms with Crippen molar-refractivity contribution in [3.8, 4) is 0 Å². The van der Waals surface area contributed by atoms with Gasteiger partial charge in [0.05, 0.1) is 22.4 Å². The van der Waals surface area contributed by atoms with Gasteiger partial charge in [-0.1, -0.05) is 34.8 Å². The Balaban J connectivity index is 1.47. The summed E-state index contributed by atoms with van der Waals surface area (Å²) in [6.07, 6.45) is 5.94. The maximum absolute atomic E-state index is 12.6. The second kappa shape index (κ2) is 10.7. The minimum Gasteiger partial charge on any atom is -0.463 e. The Morgan fingerprint density at radius 1 is 1.22 bits per heavy atom. The number of allylic oxidation sites excluding steroid dienone is 2. The van der Waals surface area contributed by atoms with E-state index in [4.69, 9.17) is 44.3 Å². The SMILES string of the molecule is CC(=O)OC1CCC(N(C)C(=O)CCCOC2(Cl)C=C(Cl)C3=NC(=O)CCC3=C2Cl)CC1. The Bertz CT molecular complexity index is 877. The van der Waals surface area contributed by atoms with Crippen molar-refractivity contribution in [2.75, 3.05) is 13.7 Å². The molecule has 0 radical (unpaired) electrons. The van der Waals surface area contributed by atoms with Crippen LogP contribution < -0.4 is 0 Å². The Labute approximate surface area is 202 Å². The zero-order chi connectivity index (χ0) is 23.5. The van der Waals surface area contributed by atoms with Crippen LogP contribution in [0.5, 0.6) is 0 Å². The molecule has 0 spiro atoms. The van der Waals surface area contributed by atoms with Gasteiger partial charge in [-0.05, 0) is 50.2 Å². The lowest BCUT2D eigenvalue weighted by Gasteiger charge is -2.34. The molecule has 1 unspecified atom stereocenters. The lowest BCUT2D eigenvalue weighted by Crippen LogP contribution is -2.41. The number of hydrogen-bond donors (Lipinski definition) is 0. The molecular weight excluding hydrogens is 479 g/mol. The third-order valence-corrected chi connectivity index (χ3v) is 7.28. The molecule has 2 aliphatic carbocycles. The van der Waals surface area contributed by atoms with Crippen LogP contribution in [0.4, 0.5) is 0 Å². The molecule has 1 fully saturated rings. The van der Waals surface area contributed by atoms with E-state index in [2.05, 4.69) is 4.99 Å². The van der Waals surface area contributed by atoms with E-state index in [-0.39, 0.29) is 53.0 Å². The number of carbonyl (C=O) groups is 3. The van der Waals surface area contributed by atoms with Crippen LogP contribution in [-0.2, 0) is 23.9 Å². The molecule has 0 aromatic heterocycles. The Morgan fingerprint density at radius 2 is 1.91 bits per heavy atom. The fourth-order valence-corrected chi connectivity index (χ4v) is 5.18. The number of alkyl halides is 1. The van der Waals surface area contributed by atoms with Gasteiger partial charge in [0, 0.05) is 32.9 Å². The third-order valence-electron chi connectivity index (χ3n) is 5.98. The first-order chi connectivity index (χ1) is 15.1. The van der Waals surface area contributed by atoms with Crippen LogP contribution in [0.15, 0.2) is 26.7 Å². The summed E-state index contributed by atoms with van der Waals surface area (Å²) in [4.78, 5) is 41.0. The lowest BCUT2D eigenvalue weighted by atomic mass is 9.92. The number of rotatable bonds is 7. The van der Waals surface area contributed by atoms with Gasteiger partial charge in [-0.3, -0.25) is 14.4 Å². The van der Waals surface area contributed by atoms with E-state index in [9.17, 15) is 14.4 Å². The number of carbonyl (C=O) groups excluding carboxylic acids is 3. The number of esters is 1. The summed E-state index contributed by atoms with van der Waals surface area (Å²) in [5.41, 5.74) is 0.974. The number of halogens is 3. The minimum absolute atomic E-state index is 0.0232. The van der Waals surface area contributed by atoms with E-state index in [0.717, 1.165) is 25.7 Å². The van der Waals surface area contributed by atoms with Crippen molar-refractivity contribution in [2.24, 2.45) is 4.99 Å². The number of nitrogens with zero attached hydrogens (tertiary/aromatic N) is 2. The average molecular weight is 506 g/mol. The van der Waals surface area contributed by atoms with Gasteiger partial charge in [0.1, 0.15) is 6.10 Å². The number of fused-ring (bicyclic) bond motifs is 1. The van der Waals surface area contributed by atoms with Gasteiger partial charge >= 0.3 is 5.97 Å². The number of hydrogen-bond acceptors (Lipinski definition) is 5. The first-order valence-corrected chi connectivity index (χ1v) is 11.9. The van der Waals surface area contributed by atoms with E-state index >= 15 is 0 Å². The second-order valence-corrected chi connectivity index (χ2v) is 9.63. The van der Waals surface area contributed by atoms with E-state index < -0.39 is 5.06 Å². The molecule has 1 heterocycles. The maximum Gasteiger partial charge on any atom is 0.302 e. The number of aliphatic imine (C=N–C) groups is 1. The molecule has 0 aromatic carbocycles. The zero-order valence-electron chi connectivity index (χ0n) is 18.2. The van der Waals surface area contributed by atoms with Crippen molar-refractivity contribution < 1.29 is 23.9 Å². The van der Waals surface area contributed by atoms with Crippen LogP contribution in [0.1, 0.15) is 58.3 Å². The van der Waals surface area contributed by atoms with Crippen LogP contribution in [0, 0.1) is 0 Å². The minimum atomic E-state index is -1.43. The molecule has 3 aliphatic rings. The predicted octanol–water partition coefficient (Wildman–Crippen LogP) is 4.44. The zero-order valence-corrected chi connectivity index (χ0v) is 20.4. The van der Waals surface area contributed by atoms with Gasteiger partial charge in [-0.2, -0.15) is 0 Å². The summed E-state index contributed by atoms with van der Waals surface area (Å²) in [7, 11) is 1.80. The van der Waals surface area contributed by atoms with Crippen LogP contribution in [-0.4, -0.2) is 59.3 Å². The summed E-state index contributed by atoms with van der Waals surface area (Å²) < 4.78 is 11.1. The van der Waals surface area contributed by atoms with Crippen LogP contribution in [0.3, 0.4) is 0 Å². The monoisotopic (exact) mass is 504 g/mol. The fraction of sp³-hybridized carbons (Fsp3) is 0.636. The summed E-state index contributed by atoms with van der Waals surface area (Å²) >= 11 is 19.3. The molecule has 10 heteroatoms. The van der Waals surface area contributed by atoms with Crippen molar-refractivity contribution in [1.29, 1.82) is 0 Å². The van der Waals surface area contributed by atoms with Crippen LogP contribution >= 0.6 is 34.8 Å². The normalized spacial score (nSPS) is 28.0. The fourth-order valence-electron chi connectivity index (χ4n) is 4.22. The quantitative estimate of drug-likeness (QED) is 0.290. The highest BCUT2D eigenvalue weighted by Crippen LogP contribution is 2.43. The molecule has 1 atom stereocenters. The van der Waals surface area contributed by atoms with E-state index in [1.54, 1.807) is 11.9 Å². The third kappa shape index (κ3) is 5.93. The van der Waals surface area contributed by atoms with Crippen LogP contribution in [0.2, 0.25) is 0 Å². The largest absolute Gasteiger partial charge is 0.463 e. The molecule has 2 amide bonds. The molecule has 1 saturated carbocycles. The molecule has 0 N–H and O–H groups in total. The van der Waals surface area contributed by atoms with Crippen molar-refractivity contribution in [3.63, 3.8) is 0 Å². The Hall–Kier alpha value is -1.41. The van der Waals surface area contributed by atoms with Gasteiger partial charge in [0.25, 0.3) is 0 Å². The summed E-state index contributed by atoms with van der Waals surface area (Å²) in [6, 6.07) is 0.139. The summed E-state index contributed by atoms with van der Waals surface area (Å²) in [5.74, 6) is -0.486. The maximum atomic E-state index is 12.6. The van der Waals surface area contributed by atoms with E-state index in [0.29, 0.717) is 30.5 Å². The standard InChI is InChI=1S/C22H27Cl3N2O5/c1-13(28)32-15-7-5-14(6-8-15)27(2)19(30)4-3-11-31-22(25)12-17(23)20-16(21(22)24)9-10-18(29)26-20/h12,14-15H,3-11H2,1-2H3. The average Bonchev–Trinajstić information content (AvgIpc) is 2.75. The van der Waals surface area contributed by atoms with Gasteiger partial charge in [-0.15, -0.1) is 0 Å². The van der Waals surface area contributed by atoms with Crippen molar-refractivity contribution in [1.82, 2.24) is 4.90 Å². The van der Waals surface area contributed by atoms with Crippen molar-refractivity contribution in [2.45, 2.75) is 75.5 Å². The predicted molar refractivity (Wildman–Crippen MR) is 123 cm³/mol. The molecular formula is C22H27Cl3N2O5. The smallest absolute Gasteiger partial charge is 0.302 e. The molecule has 0 aromatic rings. The molecule has 0 bridgehead atoms. The Morgan fingerprint density at radius 3 is 2.56 bits per heavy atom. The first-order valence-electron chi connectivity index (χ1n) is 10.8. The summed E-state index contributed by atoms with van der Waals surface area (Å²) in [6.45, 7) is 1.62. The van der Waals surface area contributed by atoms with Crippen molar-refractivity contribution in [3.05, 3.63) is 21.7 Å². The highest BCUT2D eigenvalue weighted by molar-refractivity contribution is 6.52. The van der Waals surface area contributed by atoms with Gasteiger partial charge in [-0.25, -0.2) is 4.99 Å². The van der Waals surface area contributed by atoms with Gasteiger partial charge < -0.3 is 14.4 Å². The van der Waals surface area contributed by atoms with E-state index in [1.807, 2.05) is 0 Å². The first kappa shape index (κ1) is 25.2. The number of ether oxygens (including phenoxy) is 2. The highest BCUT2D eigenvalue weighted by atomic mass is 35.5. The topological polar surface area (TPSA) is 85.3 Å². The highest BCUT2D eigenvalue weighted by Gasteiger charge is 2.40. The molecule has 32 heavy (non-hydrogen) atoms. The molecule has 176 valence electrons. The molecule has 7 nitrogen and oxygen atoms in total. The Kier molecular flexibility index (Phi) is 8.42. The van der Waals surface area contributed by atoms with Gasteiger partial charge in [0.2, 0.25) is 11.8 Å². The van der Waals surface area contributed by atoms with Crippen molar-refractivity contribution >= 4 is 58.3 Å². The van der Waals surface area contributed by atoms with Crippen LogP contribution in [0.25, 0.3) is 0 Å². The molecule has 0 saturated heterocycles. The second-order valence-electron chi connectivity index (χ2n) is 8.28. The number of amides is 2. The molecule has 1 aliphatic heterocycles. The van der Waals surface area contributed by atoms with E-state index in [1.165, 1.54) is 13.0 Å².